The van der Waals surface area contributed by atoms with E-state index in [0.717, 1.165) is 51.6 Å². The molecule has 3 atom stereocenters. The Labute approximate surface area is 134 Å². The van der Waals surface area contributed by atoms with Crippen LogP contribution in [0.1, 0.15) is 58.8 Å². The van der Waals surface area contributed by atoms with E-state index in [4.69, 9.17) is 0 Å². The highest BCUT2D eigenvalue weighted by Crippen LogP contribution is 2.19. The van der Waals surface area contributed by atoms with Gasteiger partial charge in [0.1, 0.15) is 0 Å². The van der Waals surface area contributed by atoms with Gasteiger partial charge in [0.05, 0.1) is 5.92 Å². The zero-order chi connectivity index (χ0) is 15.9. The lowest BCUT2D eigenvalue weighted by molar-refractivity contribution is -0.136. The average Bonchev–Trinajstić information content (AvgIpc) is 3.00. The van der Waals surface area contributed by atoms with Crippen molar-refractivity contribution in [2.75, 3.05) is 19.6 Å². The lowest BCUT2D eigenvalue weighted by Gasteiger charge is -2.33. The highest BCUT2D eigenvalue weighted by atomic mass is 16.2. The van der Waals surface area contributed by atoms with Gasteiger partial charge in [0.2, 0.25) is 11.8 Å². The largest absolute Gasteiger partial charge is 0.353 e. The van der Waals surface area contributed by atoms with Crippen molar-refractivity contribution < 1.29 is 9.59 Å². The first kappa shape index (κ1) is 17.3. The molecule has 0 aliphatic carbocycles. The van der Waals surface area contributed by atoms with Crippen molar-refractivity contribution in [3.05, 3.63) is 0 Å². The van der Waals surface area contributed by atoms with Gasteiger partial charge in [-0.2, -0.15) is 0 Å². The van der Waals surface area contributed by atoms with E-state index in [1.807, 2.05) is 4.90 Å². The Morgan fingerprint density at radius 2 is 2.14 bits per heavy atom. The molecular formula is C17H31N3O2. The molecule has 0 bridgehead atoms. The topological polar surface area (TPSA) is 61.4 Å². The second-order valence-corrected chi connectivity index (χ2v) is 6.87. The fraction of sp³-hybridized carbons (Fsp3) is 0.882. The molecule has 0 saturated carbocycles. The van der Waals surface area contributed by atoms with E-state index in [1.165, 1.54) is 0 Å². The molecular weight excluding hydrogens is 278 g/mol. The van der Waals surface area contributed by atoms with Crippen LogP contribution in [0.15, 0.2) is 0 Å². The molecule has 5 nitrogen and oxygen atoms in total. The lowest BCUT2D eigenvalue weighted by atomic mass is 9.96. The number of nitrogens with zero attached hydrogens (tertiary/aromatic N) is 1. The molecule has 2 N–H and O–H groups in total. The molecule has 2 amide bonds. The summed E-state index contributed by atoms with van der Waals surface area (Å²) >= 11 is 0. The summed E-state index contributed by atoms with van der Waals surface area (Å²) in [6, 6.07) is 0.567. The third-order valence-electron chi connectivity index (χ3n) is 4.84. The number of amides is 2. The van der Waals surface area contributed by atoms with Crippen LogP contribution < -0.4 is 10.6 Å². The number of likely N-dealkylation sites (tertiary alicyclic amines) is 1. The van der Waals surface area contributed by atoms with Crippen molar-refractivity contribution in [2.24, 2.45) is 5.92 Å². The van der Waals surface area contributed by atoms with Crippen LogP contribution in [-0.4, -0.2) is 48.4 Å². The first-order valence-electron chi connectivity index (χ1n) is 8.91. The van der Waals surface area contributed by atoms with Crippen molar-refractivity contribution in [2.45, 2.75) is 70.9 Å². The van der Waals surface area contributed by atoms with E-state index in [0.29, 0.717) is 19.0 Å². The smallest absolute Gasteiger partial charge is 0.225 e. The van der Waals surface area contributed by atoms with Crippen LogP contribution in [-0.2, 0) is 9.59 Å². The lowest BCUT2D eigenvalue weighted by Crippen LogP contribution is -2.48. The molecule has 2 fully saturated rings. The molecule has 22 heavy (non-hydrogen) atoms. The Hall–Kier alpha value is -1.10. The number of carbonyl (C=O) groups excluding carboxylic acids is 2. The van der Waals surface area contributed by atoms with Gasteiger partial charge in [0, 0.05) is 31.6 Å². The number of piperidine rings is 1. The number of nitrogens with one attached hydrogen (secondary N) is 2. The molecule has 2 heterocycles. The molecule has 2 saturated heterocycles. The highest BCUT2D eigenvalue weighted by molar-refractivity contribution is 5.81. The second-order valence-electron chi connectivity index (χ2n) is 6.87. The zero-order valence-corrected chi connectivity index (χ0v) is 14.1. The Morgan fingerprint density at radius 3 is 2.82 bits per heavy atom. The Kier molecular flexibility index (Phi) is 6.68. The Morgan fingerprint density at radius 1 is 1.32 bits per heavy atom. The van der Waals surface area contributed by atoms with Crippen LogP contribution in [0.5, 0.6) is 0 Å². The predicted octanol–water partition coefficient (Wildman–Crippen LogP) is 1.67. The van der Waals surface area contributed by atoms with Crippen molar-refractivity contribution >= 4 is 11.8 Å². The van der Waals surface area contributed by atoms with E-state index >= 15 is 0 Å². The van der Waals surface area contributed by atoms with Crippen LogP contribution in [0.25, 0.3) is 0 Å². The predicted molar refractivity (Wildman–Crippen MR) is 87.5 cm³/mol. The van der Waals surface area contributed by atoms with Crippen LogP contribution in [0.3, 0.4) is 0 Å². The van der Waals surface area contributed by atoms with Crippen LogP contribution in [0.4, 0.5) is 0 Å². The average molecular weight is 309 g/mol. The highest BCUT2D eigenvalue weighted by Gasteiger charge is 2.30. The van der Waals surface area contributed by atoms with Crippen LogP contribution >= 0.6 is 0 Å². The summed E-state index contributed by atoms with van der Waals surface area (Å²) in [6.07, 6.45) is 6.76. The molecule has 0 radical (unpaired) electrons. The molecule has 2 aliphatic heterocycles. The number of hydrogen-bond acceptors (Lipinski definition) is 3. The van der Waals surface area contributed by atoms with Gasteiger partial charge in [0.25, 0.3) is 0 Å². The SMILES string of the molecule is CCCC(C)NC(=O)C1CCCN(C(=O)CC2CCCN2)C1. The van der Waals surface area contributed by atoms with Gasteiger partial charge < -0.3 is 15.5 Å². The van der Waals surface area contributed by atoms with E-state index in [2.05, 4.69) is 24.5 Å². The molecule has 0 aromatic rings. The molecule has 0 spiro atoms. The molecule has 0 aromatic carbocycles. The number of carbonyl (C=O) groups is 2. The summed E-state index contributed by atoms with van der Waals surface area (Å²) in [5, 5.41) is 6.47. The maximum absolute atomic E-state index is 12.4. The number of rotatable bonds is 6. The van der Waals surface area contributed by atoms with Crippen LogP contribution in [0, 0.1) is 5.92 Å². The minimum atomic E-state index is -0.0338. The normalized spacial score (nSPS) is 26.7. The van der Waals surface area contributed by atoms with E-state index in [-0.39, 0.29) is 23.8 Å². The first-order chi connectivity index (χ1) is 10.6. The second kappa shape index (κ2) is 8.51. The zero-order valence-electron chi connectivity index (χ0n) is 14.1. The van der Waals surface area contributed by atoms with Gasteiger partial charge in [-0.05, 0) is 45.6 Å². The summed E-state index contributed by atoms with van der Waals surface area (Å²) in [4.78, 5) is 26.6. The standard InChI is InChI=1S/C17H31N3O2/c1-3-6-13(2)19-17(22)14-7-5-10-20(12-14)16(21)11-15-8-4-9-18-15/h13-15,18H,3-12H2,1-2H3,(H,19,22). The quantitative estimate of drug-likeness (QED) is 0.784. The Bertz CT molecular complexity index is 380. The van der Waals surface area contributed by atoms with E-state index in [1.54, 1.807) is 0 Å². The molecule has 0 aromatic heterocycles. The molecule has 126 valence electrons. The summed E-state index contributed by atoms with van der Waals surface area (Å²) in [5.41, 5.74) is 0. The van der Waals surface area contributed by atoms with Gasteiger partial charge in [0.15, 0.2) is 0 Å². The van der Waals surface area contributed by atoms with E-state index in [9.17, 15) is 9.59 Å². The maximum Gasteiger partial charge on any atom is 0.225 e. The summed E-state index contributed by atoms with van der Waals surface area (Å²) < 4.78 is 0. The third kappa shape index (κ3) is 4.97. The van der Waals surface area contributed by atoms with Crippen LogP contribution in [0.2, 0.25) is 0 Å². The maximum atomic E-state index is 12.4. The fourth-order valence-corrected chi connectivity index (χ4v) is 3.55. The van der Waals surface area contributed by atoms with Crippen molar-refractivity contribution in [1.82, 2.24) is 15.5 Å². The van der Waals surface area contributed by atoms with Gasteiger partial charge in [-0.25, -0.2) is 0 Å². The molecule has 2 aliphatic rings. The first-order valence-corrected chi connectivity index (χ1v) is 8.91. The van der Waals surface area contributed by atoms with Gasteiger partial charge in [-0.15, -0.1) is 0 Å². The third-order valence-corrected chi connectivity index (χ3v) is 4.84. The van der Waals surface area contributed by atoms with Gasteiger partial charge in [-0.1, -0.05) is 13.3 Å². The minimum Gasteiger partial charge on any atom is -0.353 e. The van der Waals surface area contributed by atoms with Gasteiger partial charge in [-0.3, -0.25) is 9.59 Å². The Balaban J connectivity index is 1.80. The fourth-order valence-electron chi connectivity index (χ4n) is 3.55. The molecule has 5 heteroatoms. The van der Waals surface area contributed by atoms with Gasteiger partial charge >= 0.3 is 0 Å². The molecule has 2 rings (SSSR count). The summed E-state index contributed by atoms with van der Waals surface area (Å²) in [7, 11) is 0. The van der Waals surface area contributed by atoms with Crippen molar-refractivity contribution in [3.8, 4) is 0 Å². The monoisotopic (exact) mass is 309 g/mol. The summed E-state index contributed by atoms with van der Waals surface area (Å²) in [6.45, 7) is 6.61. The van der Waals surface area contributed by atoms with E-state index < -0.39 is 0 Å². The molecule has 3 unspecified atom stereocenters. The number of hydrogen-bond donors (Lipinski definition) is 2. The van der Waals surface area contributed by atoms with Crippen molar-refractivity contribution in [3.63, 3.8) is 0 Å². The summed E-state index contributed by atoms with van der Waals surface area (Å²) in [5.74, 6) is 0.296. The van der Waals surface area contributed by atoms with Crippen molar-refractivity contribution in [1.29, 1.82) is 0 Å². The minimum absolute atomic E-state index is 0.0338.